The van der Waals surface area contributed by atoms with Crippen LogP contribution in [0.15, 0.2) is 29.2 Å². The molecule has 2 unspecified atom stereocenters. The maximum atomic E-state index is 5.84. The molecule has 4 heteroatoms. The van der Waals surface area contributed by atoms with E-state index in [0.29, 0.717) is 12.5 Å². The van der Waals surface area contributed by atoms with Crippen molar-refractivity contribution in [2.75, 3.05) is 38.7 Å². The lowest BCUT2D eigenvalue weighted by atomic mass is 10.0. The van der Waals surface area contributed by atoms with Gasteiger partial charge in [-0.1, -0.05) is 18.2 Å². The van der Waals surface area contributed by atoms with Crippen LogP contribution in [0.4, 0.5) is 0 Å². The fourth-order valence-corrected chi connectivity index (χ4v) is 3.67. The van der Waals surface area contributed by atoms with Crippen LogP contribution in [0.5, 0.6) is 0 Å². The van der Waals surface area contributed by atoms with E-state index in [4.69, 9.17) is 9.47 Å². The van der Waals surface area contributed by atoms with Crippen molar-refractivity contribution >= 4 is 11.8 Å². The number of morpholine rings is 1. The van der Waals surface area contributed by atoms with E-state index in [0.717, 1.165) is 32.1 Å². The van der Waals surface area contributed by atoms with Gasteiger partial charge in [0.15, 0.2) is 0 Å². The maximum absolute atomic E-state index is 5.84. The molecule has 1 aromatic rings. The van der Waals surface area contributed by atoms with Crippen LogP contribution in [0.3, 0.4) is 0 Å². The Labute approximate surface area is 112 Å². The van der Waals surface area contributed by atoms with Gasteiger partial charge in [0, 0.05) is 29.7 Å². The van der Waals surface area contributed by atoms with Gasteiger partial charge in [-0.2, -0.15) is 0 Å². The Morgan fingerprint density at radius 2 is 2.28 bits per heavy atom. The molecule has 1 saturated heterocycles. The molecular weight excluding hydrogens is 246 g/mol. The lowest BCUT2D eigenvalue weighted by Gasteiger charge is -2.24. The maximum Gasteiger partial charge on any atom is 0.0933 e. The van der Waals surface area contributed by atoms with Crippen molar-refractivity contribution in [1.29, 1.82) is 0 Å². The highest BCUT2D eigenvalue weighted by molar-refractivity contribution is 7.99. The van der Waals surface area contributed by atoms with Crippen molar-refractivity contribution in [3.63, 3.8) is 0 Å². The Bertz CT molecular complexity index is 393. The summed E-state index contributed by atoms with van der Waals surface area (Å²) in [4.78, 5) is 1.42. The molecule has 0 amide bonds. The third-order valence-corrected chi connectivity index (χ3v) is 4.68. The summed E-state index contributed by atoms with van der Waals surface area (Å²) in [5.41, 5.74) is 1.45. The first-order chi connectivity index (χ1) is 8.93. The van der Waals surface area contributed by atoms with Crippen molar-refractivity contribution in [2.45, 2.75) is 16.9 Å². The summed E-state index contributed by atoms with van der Waals surface area (Å²) < 4.78 is 11.5. The molecule has 2 atom stereocenters. The predicted molar refractivity (Wildman–Crippen MR) is 73.3 cm³/mol. The number of hydrogen-bond donors (Lipinski definition) is 1. The smallest absolute Gasteiger partial charge is 0.0933 e. The Hall–Kier alpha value is -0.550. The highest BCUT2D eigenvalue weighted by atomic mass is 32.2. The number of hydrogen-bond acceptors (Lipinski definition) is 4. The van der Waals surface area contributed by atoms with Gasteiger partial charge in [0.25, 0.3) is 0 Å². The van der Waals surface area contributed by atoms with Crippen LogP contribution in [-0.2, 0) is 9.47 Å². The number of thioether (sulfide) groups is 1. The van der Waals surface area contributed by atoms with Gasteiger partial charge >= 0.3 is 0 Å². The lowest BCUT2D eigenvalue weighted by Crippen LogP contribution is -2.41. The van der Waals surface area contributed by atoms with E-state index in [-0.39, 0.29) is 6.10 Å². The zero-order valence-corrected chi connectivity index (χ0v) is 11.2. The molecule has 2 aliphatic heterocycles. The van der Waals surface area contributed by atoms with Crippen LogP contribution >= 0.6 is 11.8 Å². The van der Waals surface area contributed by atoms with Crippen LogP contribution in [0.1, 0.15) is 11.5 Å². The van der Waals surface area contributed by atoms with Gasteiger partial charge in [0.05, 0.1) is 25.9 Å². The molecule has 18 heavy (non-hydrogen) atoms. The minimum absolute atomic E-state index is 0.225. The molecule has 0 aromatic heterocycles. The normalized spacial score (nSPS) is 27.1. The molecule has 1 aromatic carbocycles. The van der Waals surface area contributed by atoms with Gasteiger partial charge in [0.2, 0.25) is 0 Å². The number of nitrogens with one attached hydrogen (secondary N) is 1. The molecule has 0 aliphatic carbocycles. The van der Waals surface area contributed by atoms with Crippen molar-refractivity contribution in [2.24, 2.45) is 0 Å². The summed E-state index contributed by atoms with van der Waals surface area (Å²) in [5.74, 6) is 1.69. The van der Waals surface area contributed by atoms with E-state index >= 15 is 0 Å². The Kier molecular flexibility index (Phi) is 4.20. The van der Waals surface area contributed by atoms with E-state index in [1.165, 1.54) is 10.5 Å². The van der Waals surface area contributed by atoms with Crippen molar-refractivity contribution in [3.05, 3.63) is 29.8 Å². The quantitative estimate of drug-likeness (QED) is 0.900. The highest BCUT2D eigenvalue weighted by Crippen LogP contribution is 2.39. The Morgan fingerprint density at radius 1 is 1.33 bits per heavy atom. The highest BCUT2D eigenvalue weighted by Gasteiger charge is 2.23. The molecule has 2 heterocycles. The summed E-state index contributed by atoms with van der Waals surface area (Å²) in [6.07, 6.45) is 0.225. The SMILES string of the molecule is c1ccc2c(c1)SCC2COCC1CNCCO1. The fourth-order valence-electron chi connectivity index (χ4n) is 2.44. The monoisotopic (exact) mass is 265 g/mol. The van der Waals surface area contributed by atoms with Gasteiger partial charge in [0.1, 0.15) is 0 Å². The van der Waals surface area contributed by atoms with E-state index in [1.807, 2.05) is 11.8 Å². The fraction of sp³-hybridized carbons (Fsp3) is 0.571. The zero-order chi connectivity index (χ0) is 12.2. The Morgan fingerprint density at radius 3 is 3.17 bits per heavy atom. The van der Waals surface area contributed by atoms with Crippen molar-refractivity contribution in [3.8, 4) is 0 Å². The average molecular weight is 265 g/mol. The van der Waals surface area contributed by atoms with Crippen molar-refractivity contribution < 1.29 is 9.47 Å². The summed E-state index contributed by atoms with van der Waals surface area (Å²) in [5, 5.41) is 3.32. The third-order valence-electron chi connectivity index (χ3n) is 3.43. The van der Waals surface area contributed by atoms with E-state index in [9.17, 15) is 0 Å². The van der Waals surface area contributed by atoms with Gasteiger partial charge in [-0.25, -0.2) is 0 Å². The molecular formula is C14H19NO2S. The van der Waals surface area contributed by atoms with Gasteiger partial charge in [-0.15, -0.1) is 11.8 Å². The topological polar surface area (TPSA) is 30.5 Å². The largest absolute Gasteiger partial charge is 0.378 e. The molecule has 3 rings (SSSR count). The molecule has 1 N–H and O–H groups in total. The zero-order valence-electron chi connectivity index (χ0n) is 10.4. The van der Waals surface area contributed by atoms with Crippen molar-refractivity contribution in [1.82, 2.24) is 5.32 Å². The third kappa shape index (κ3) is 2.88. The molecule has 98 valence electrons. The molecule has 2 aliphatic rings. The summed E-state index contributed by atoms with van der Waals surface area (Å²) in [7, 11) is 0. The molecule has 0 radical (unpaired) electrons. The summed E-state index contributed by atoms with van der Waals surface area (Å²) in [6, 6.07) is 8.65. The minimum Gasteiger partial charge on any atom is -0.378 e. The molecule has 0 bridgehead atoms. The van der Waals surface area contributed by atoms with E-state index < -0.39 is 0 Å². The van der Waals surface area contributed by atoms with Gasteiger partial charge in [-0.3, -0.25) is 0 Å². The first kappa shape index (κ1) is 12.5. The van der Waals surface area contributed by atoms with Crippen LogP contribution in [0, 0.1) is 0 Å². The lowest BCUT2D eigenvalue weighted by molar-refractivity contribution is -0.0331. The number of benzene rings is 1. The van der Waals surface area contributed by atoms with Crippen LogP contribution in [-0.4, -0.2) is 44.8 Å². The second kappa shape index (κ2) is 6.06. The number of rotatable bonds is 4. The molecule has 1 fully saturated rings. The van der Waals surface area contributed by atoms with Crippen LogP contribution in [0.25, 0.3) is 0 Å². The Balaban J connectivity index is 1.47. The van der Waals surface area contributed by atoms with E-state index in [1.54, 1.807) is 0 Å². The number of ether oxygens (including phenoxy) is 2. The average Bonchev–Trinajstić information content (AvgIpc) is 2.84. The van der Waals surface area contributed by atoms with Gasteiger partial charge < -0.3 is 14.8 Å². The summed E-state index contributed by atoms with van der Waals surface area (Å²) >= 11 is 1.94. The predicted octanol–water partition coefficient (Wildman–Crippen LogP) is 1.88. The molecule has 0 spiro atoms. The standard InChI is InChI=1S/C14H19NO2S/c1-2-4-14-13(3-1)11(10-18-14)8-16-9-12-7-15-5-6-17-12/h1-4,11-12,15H,5-10H2. The second-order valence-electron chi connectivity index (χ2n) is 4.78. The van der Waals surface area contributed by atoms with E-state index in [2.05, 4.69) is 29.6 Å². The first-order valence-electron chi connectivity index (χ1n) is 6.55. The second-order valence-corrected chi connectivity index (χ2v) is 5.84. The molecule has 3 nitrogen and oxygen atoms in total. The van der Waals surface area contributed by atoms with Gasteiger partial charge in [-0.05, 0) is 11.6 Å². The van der Waals surface area contributed by atoms with Crippen LogP contribution in [0.2, 0.25) is 0 Å². The molecule has 0 saturated carbocycles. The number of fused-ring (bicyclic) bond motifs is 1. The van der Waals surface area contributed by atoms with Crippen LogP contribution < -0.4 is 5.32 Å². The minimum atomic E-state index is 0.225. The summed E-state index contributed by atoms with van der Waals surface area (Å²) in [6.45, 7) is 4.19. The first-order valence-corrected chi connectivity index (χ1v) is 7.54.